The molecule has 0 bridgehead atoms. The van der Waals surface area contributed by atoms with Gasteiger partial charge in [-0.3, -0.25) is 4.79 Å². The zero-order valence-electron chi connectivity index (χ0n) is 10.2. The number of hydrogen-bond donors (Lipinski definition) is 3. The van der Waals surface area contributed by atoms with Gasteiger partial charge in [-0.1, -0.05) is 23.2 Å². The van der Waals surface area contributed by atoms with Crippen molar-refractivity contribution in [1.29, 1.82) is 0 Å². The molecule has 5 nitrogen and oxygen atoms in total. The Hall–Kier alpha value is -1.01. The van der Waals surface area contributed by atoms with Crippen molar-refractivity contribution in [2.75, 3.05) is 19.0 Å². The van der Waals surface area contributed by atoms with E-state index in [0.717, 1.165) is 0 Å². The maximum absolute atomic E-state index is 12.0. The van der Waals surface area contributed by atoms with Gasteiger partial charge in [0, 0.05) is 19.3 Å². The predicted octanol–water partition coefficient (Wildman–Crippen LogP) is 2.01. The summed E-state index contributed by atoms with van der Waals surface area (Å²) < 4.78 is 5.18. The van der Waals surface area contributed by atoms with Crippen molar-refractivity contribution in [3.63, 3.8) is 0 Å². The van der Waals surface area contributed by atoms with Crippen LogP contribution < -0.4 is 10.6 Å². The molecule has 2 rings (SSSR count). The van der Waals surface area contributed by atoms with Crippen LogP contribution in [0.3, 0.4) is 0 Å². The fourth-order valence-electron chi connectivity index (χ4n) is 1.95. The first-order valence-electron chi connectivity index (χ1n) is 5.76. The number of amides is 1. The van der Waals surface area contributed by atoms with Gasteiger partial charge in [0.1, 0.15) is 0 Å². The van der Waals surface area contributed by atoms with E-state index >= 15 is 0 Å². The number of anilines is 1. The lowest BCUT2D eigenvalue weighted by atomic mass is 10.2. The maximum Gasteiger partial charge on any atom is 0.241 e. The van der Waals surface area contributed by atoms with Gasteiger partial charge in [0.2, 0.25) is 5.91 Å². The van der Waals surface area contributed by atoms with Gasteiger partial charge in [0.05, 0.1) is 22.2 Å². The number of nitrogens with one attached hydrogen (secondary N) is 2. The predicted molar refractivity (Wildman–Crippen MR) is 74.0 cm³/mol. The van der Waals surface area contributed by atoms with Crippen molar-refractivity contribution in [2.45, 2.75) is 18.6 Å². The molecule has 7 heteroatoms. The van der Waals surface area contributed by atoms with Crippen molar-refractivity contribution in [2.24, 2.45) is 0 Å². The molecule has 1 heterocycles. The summed E-state index contributed by atoms with van der Waals surface area (Å²) in [6.45, 7) is 0.645. The third-order valence-electron chi connectivity index (χ3n) is 3.02. The van der Waals surface area contributed by atoms with Crippen LogP contribution in [0.4, 0.5) is 5.69 Å². The van der Waals surface area contributed by atoms with Crippen LogP contribution in [0.15, 0.2) is 12.1 Å². The number of phenols is 1. The highest BCUT2D eigenvalue weighted by molar-refractivity contribution is 6.37. The van der Waals surface area contributed by atoms with Crippen molar-refractivity contribution in [3.05, 3.63) is 22.2 Å². The number of benzene rings is 1. The Morgan fingerprint density at radius 2 is 2.11 bits per heavy atom. The van der Waals surface area contributed by atoms with Gasteiger partial charge in [0.15, 0.2) is 5.75 Å². The molecule has 104 valence electrons. The SMILES string of the molecule is COC1CNC(C(=O)Nc2cc(Cl)c(O)c(Cl)c2)C1. The lowest BCUT2D eigenvalue weighted by Gasteiger charge is -2.12. The highest BCUT2D eigenvalue weighted by Crippen LogP contribution is 2.34. The molecule has 1 aliphatic rings. The number of ether oxygens (including phenoxy) is 1. The normalized spacial score (nSPS) is 22.5. The average Bonchev–Trinajstić information content (AvgIpc) is 2.84. The zero-order chi connectivity index (χ0) is 14.0. The second-order valence-electron chi connectivity index (χ2n) is 4.33. The number of carbonyl (C=O) groups is 1. The smallest absolute Gasteiger partial charge is 0.241 e. The summed E-state index contributed by atoms with van der Waals surface area (Å²) in [6, 6.07) is 2.59. The third-order valence-corrected chi connectivity index (χ3v) is 3.60. The Morgan fingerprint density at radius 3 is 2.63 bits per heavy atom. The molecule has 1 aromatic carbocycles. The van der Waals surface area contributed by atoms with E-state index in [1.807, 2.05) is 0 Å². The van der Waals surface area contributed by atoms with E-state index in [-0.39, 0.29) is 33.8 Å². The first kappa shape index (κ1) is 14.4. The number of phenolic OH excluding ortho intramolecular Hbond substituents is 1. The standard InChI is InChI=1S/C12H14Cl2N2O3/c1-19-7-4-10(15-5-7)12(18)16-6-2-8(13)11(17)9(14)3-6/h2-3,7,10,15,17H,4-5H2,1H3,(H,16,18). The van der Waals surface area contributed by atoms with Gasteiger partial charge in [-0.25, -0.2) is 0 Å². The molecule has 2 atom stereocenters. The number of hydrogen-bond acceptors (Lipinski definition) is 4. The summed E-state index contributed by atoms with van der Waals surface area (Å²) >= 11 is 11.6. The summed E-state index contributed by atoms with van der Waals surface area (Å²) in [5.41, 5.74) is 0.445. The lowest BCUT2D eigenvalue weighted by Crippen LogP contribution is -2.35. The second kappa shape index (κ2) is 5.96. The van der Waals surface area contributed by atoms with Gasteiger partial charge in [-0.05, 0) is 18.6 Å². The summed E-state index contributed by atoms with van der Waals surface area (Å²) in [7, 11) is 1.62. The van der Waals surface area contributed by atoms with E-state index in [9.17, 15) is 9.90 Å². The maximum atomic E-state index is 12.0. The van der Waals surface area contributed by atoms with Crippen LogP contribution >= 0.6 is 23.2 Å². The fourth-order valence-corrected chi connectivity index (χ4v) is 2.44. The highest BCUT2D eigenvalue weighted by Gasteiger charge is 2.29. The molecular weight excluding hydrogens is 291 g/mol. The molecule has 1 fully saturated rings. The first-order valence-corrected chi connectivity index (χ1v) is 6.52. The number of rotatable bonds is 3. The van der Waals surface area contributed by atoms with Crippen molar-refractivity contribution in [1.82, 2.24) is 5.32 Å². The minimum absolute atomic E-state index is 0.0442. The molecule has 1 amide bonds. The second-order valence-corrected chi connectivity index (χ2v) is 5.15. The van der Waals surface area contributed by atoms with E-state index < -0.39 is 0 Å². The Kier molecular flexibility index (Phi) is 4.52. The van der Waals surface area contributed by atoms with E-state index in [1.54, 1.807) is 7.11 Å². The number of halogens is 2. The van der Waals surface area contributed by atoms with Crippen molar-refractivity contribution in [3.8, 4) is 5.75 Å². The van der Waals surface area contributed by atoms with Crippen LogP contribution in [-0.4, -0.2) is 36.8 Å². The molecule has 0 aliphatic carbocycles. The molecule has 0 saturated carbocycles. The van der Waals surface area contributed by atoms with Gasteiger partial charge >= 0.3 is 0 Å². The van der Waals surface area contributed by atoms with E-state index in [2.05, 4.69) is 10.6 Å². The van der Waals surface area contributed by atoms with Crippen LogP contribution in [0.1, 0.15) is 6.42 Å². The van der Waals surface area contributed by atoms with Crippen LogP contribution in [0.25, 0.3) is 0 Å². The summed E-state index contributed by atoms with van der Waals surface area (Å²) in [5.74, 6) is -0.378. The zero-order valence-corrected chi connectivity index (χ0v) is 11.8. The Balaban J connectivity index is 2.03. The lowest BCUT2D eigenvalue weighted by molar-refractivity contribution is -0.118. The quantitative estimate of drug-likeness (QED) is 0.747. The molecule has 1 aromatic rings. The fraction of sp³-hybridized carbons (Fsp3) is 0.417. The first-order chi connectivity index (χ1) is 9.01. The van der Waals surface area contributed by atoms with Crippen LogP contribution in [-0.2, 0) is 9.53 Å². The van der Waals surface area contributed by atoms with Gasteiger partial charge in [-0.15, -0.1) is 0 Å². The van der Waals surface area contributed by atoms with Gasteiger partial charge in [-0.2, -0.15) is 0 Å². The topological polar surface area (TPSA) is 70.6 Å². The van der Waals surface area contributed by atoms with Crippen LogP contribution in [0, 0.1) is 0 Å². The number of carbonyl (C=O) groups excluding carboxylic acids is 1. The number of methoxy groups -OCH3 is 1. The van der Waals surface area contributed by atoms with E-state index in [1.165, 1.54) is 12.1 Å². The Bertz CT molecular complexity index is 473. The molecule has 1 saturated heterocycles. The Labute approximate surface area is 120 Å². The van der Waals surface area contributed by atoms with Crippen molar-refractivity contribution >= 4 is 34.8 Å². The minimum Gasteiger partial charge on any atom is -0.505 e. The average molecular weight is 305 g/mol. The molecule has 1 aliphatic heterocycles. The summed E-state index contributed by atoms with van der Waals surface area (Å²) in [6.07, 6.45) is 0.657. The highest BCUT2D eigenvalue weighted by atomic mass is 35.5. The van der Waals surface area contributed by atoms with E-state index in [0.29, 0.717) is 18.7 Å². The largest absolute Gasteiger partial charge is 0.505 e. The minimum atomic E-state index is -0.309. The van der Waals surface area contributed by atoms with Crippen molar-refractivity contribution < 1.29 is 14.6 Å². The van der Waals surface area contributed by atoms with Gasteiger partial charge < -0.3 is 20.5 Å². The van der Waals surface area contributed by atoms with E-state index in [4.69, 9.17) is 27.9 Å². The molecule has 0 radical (unpaired) electrons. The molecule has 0 spiro atoms. The molecule has 19 heavy (non-hydrogen) atoms. The molecule has 0 aromatic heterocycles. The van der Waals surface area contributed by atoms with Crippen LogP contribution in [0.5, 0.6) is 5.75 Å². The van der Waals surface area contributed by atoms with Crippen LogP contribution in [0.2, 0.25) is 10.0 Å². The molecule has 3 N–H and O–H groups in total. The Morgan fingerprint density at radius 1 is 1.47 bits per heavy atom. The molecular formula is C12H14Cl2N2O3. The van der Waals surface area contributed by atoms with Gasteiger partial charge in [0.25, 0.3) is 0 Å². The molecule has 2 unspecified atom stereocenters. The summed E-state index contributed by atoms with van der Waals surface area (Å²) in [5, 5.41) is 15.4. The number of aromatic hydroxyl groups is 1. The summed E-state index contributed by atoms with van der Waals surface area (Å²) in [4.78, 5) is 12.0. The monoisotopic (exact) mass is 304 g/mol. The third kappa shape index (κ3) is 3.30.